The second-order valence-electron chi connectivity index (χ2n) is 7.07. The van der Waals surface area contributed by atoms with Crippen LogP contribution in [0.25, 0.3) is 0 Å². The van der Waals surface area contributed by atoms with Gasteiger partial charge in [0, 0.05) is 36.8 Å². The van der Waals surface area contributed by atoms with Crippen LogP contribution in [0, 0.1) is 0 Å². The number of likely N-dealkylation sites (tertiary alicyclic amines) is 1. The normalized spacial score (nSPS) is 25.0. The molecule has 25 heavy (non-hydrogen) atoms. The van der Waals surface area contributed by atoms with E-state index in [1.54, 1.807) is 0 Å². The van der Waals surface area contributed by atoms with Gasteiger partial charge in [0.1, 0.15) is 0 Å². The van der Waals surface area contributed by atoms with Gasteiger partial charge < -0.3 is 15.5 Å². The highest BCUT2D eigenvalue weighted by molar-refractivity contribution is 14.0. The first-order valence-corrected chi connectivity index (χ1v) is 10.5. The number of nitrogens with one attached hydrogen (secondary N) is 2. The Labute approximate surface area is 174 Å². The molecular formula is C18H35IN4OS. The van der Waals surface area contributed by atoms with Gasteiger partial charge in [-0.1, -0.05) is 6.92 Å². The number of carbonyl (C=O) groups is 1. The molecule has 146 valence electrons. The molecule has 2 rings (SSSR count). The summed E-state index contributed by atoms with van der Waals surface area (Å²) in [6.07, 6.45) is 6.32. The van der Waals surface area contributed by atoms with E-state index in [1.165, 1.54) is 18.6 Å². The molecule has 0 aromatic carbocycles. The van der Waals surface area contributed by atoms with Crippen molar-refractivity contribution < 1.29 is 4.79 Å². The fourth-order valence-electron chi connectivity index (χ4n) is 3.54. The zero-order valence-electron chi connectivity index (χ0n) is 16.0. The summed E-state index contributed by atoms with van der Waals surface area (Å²) < 4.78 is 0.302. The molecule has 2 unspecified atom stereocenters. The lowest BCUT2D eigenvalue weighted by atomic mass is 10.1. The van der Waals surface area contributed by atoms with Gasteiger partial charge in [0.25, 0.3) is 0 Å². The Kier molecular flexibility index (Phi) is 10.5. The summed E-state index contributed by atoms with van der Waals surface area (Å²) in [6.45, 7) is 10.1. The Morgan fingerprint density at radius 3 is 2.72 bits per heavy atom. The van der Waals surface area contributed by atoms with E-state index in [9.17, 15) is 4.79 Å². The highest BCUT2D eigenvalue weighted by Gasteiger charge is 2.29. The molecule has 0 spiro atoms. The number of thioether (sulfide) groups is 1. The van der Waals surface area contributed by atoms with Gasteiger partial charge in [-0.05, 0) is 51.7 Å². The maximum Gasteiger partial charge on any atom is 0.222 e. The zero-order valence-corrected chi connectivity index (χ0v) is 19.1. The van der Waals surface area contributed by atoms with Gasteiger partial charge >= 0.3 is 0 Å². The lowest BCUT2D eigenvalue weighted by Crippen LogP contribution is -2.42. The minimum atomic E-state index is 0. The first-order chi connectivity index (χ1) is 11.6. The quantitative estimate of drug-likeness (QED) is 0.317. The third kappa shape index (κ3) is 7.15. The highest BCUT2D eigenvalue weighted by atomic mass is 127. The maximum atomic E-state index is 11.9. The van der Waals surface area contributed by atoms with E-state index in [0.717, 1.165) is 57.8 Å². The number of nitrogens with zero attached hydrogens (tertiary/aromatic N) is 2. The van der Waals surface area contributed by atoms with Crippen molar-refractivity contribution in [3.63, 3.8) is 0 Å². The van der Waals surface area contributed by atoms with E-state index in [-0.39, 0.29) is 24.0 Å². The van der Waals surface area contributed by atoms with Crippen LogP contribution in [0.15, 0.2) is 4.99 Å². The zero-order chi connectivity index (χ0) is 17.4. The molecule has 0 saturated carbocycles. The van der Waals surface area contributed by atoms with E-state index >= 15 is 0 Å². The number of rotatable bonds is 8. The largest absolute Gasteiger partial charge is 0.357 e. The molecule has 2 atom stereocenters. The summed E-state index contributed by atoms with van der Waals surface area (Å²) in [5, 5.41) is 6.80. The summed E-state index contributed by atoms with van der Waals surface area (Å²) in [6, 6.07) is 0.360. The van der Waals surface area contributed by atoms with Gasteiger partial charge in [-0.15, -0.1) is 24.0 Å². The number of carbonyl (C=O) groups excluding carboxylic acids is 1. The molecule has 0 aliphatic carbocycles. The molecule has 2 saturated heterocycles. The van der Waals surface area contributed by atoms with Crippen LogP contribution >= 0.6 is 35.7 Å². The molecule has 0 aromatic heterocycles. The van der Waals surface area contributed by atoms with Gasteiger partial charge in [-0.25, -0.2) is 0 Å². The van der Waals surface area contributed by atoms with Crippen molar-refractivity contribution in [2.75, 3.05) is 31.9 Å². The maximum absolute atomic E-state index is 11.9. The van der Waals surface area contributed by atoms with Crippen molar-refractivity contribution in [2.45, 2.75) is 70.1 Å². The molecule has 7 heteroatoms. The van der Waals surface area contributed by atoms with Gasteiger partial charge in [0.05, 0.1) is 6.54 Å². The van der Waals surface area contributed by atoms with E-state index in [4.69, 9.17) is 4.99 Å². The molecule has 5 nitrogen and oxygen atoms in total. The Morgan fingerprint density at radius 1 is 1.36 bits per heavy atom. The SMILES string of the molecule is CCNC(=NCC1(C)CCCS1)NCCC(CC)N1CCCC1=O.I. The first kappa shape index (κ1) is 22.9. The van der Waals surface area contributed by atoms with Crippen molar-refractivity contribution in [1.29, 1.82) is 0 Å². The number of aliphatic imine (C=N–C) groups is 1. The van der Waals surface area contributed by atoms with Crippen molar-refractivity contribution in [2.24, 2.45) is 4.99 Å². The minimum Gasteiger partial charge on any atom is -0.357 e. The average Bonchev–Trinajstić information content (AvgIpc) is 3.18. The van der Waals surface area contributed by atoms with Crippen LogP contribution in [0.5, 0.6) is 0 Å². The van der Waals surface area contributed by atoms with Crippen LogP contribution in [0.1, 0.15) is 59.3 Å². The lowest BCUT2D eigenvalue weighted by Gasteiger charge is -2.27. The summed E-state index contributed by atoms with van der Waals surface area (Å²) >= 11 is 2.05. The summed E-state index contributed by atoms with van der Waals surface area (Å²) in [4.78, 5) is 18.8. The lowest BCUT2D eigenvalue weighted by molar-refractivity contribution is -0.129. The number of halogens is 1. The average molecular weight is 482 g/mol. The summed E-state index contributed by atoms with van der Waals surface area (Å²) in [5.41, 5.74) is 0. The Balaban J connectivity index is 0.00000312. The standard InChI is InChI=1S/C18H34N4OS.HI/c1-4-15(22-12-6-8-16(22)23)9-11-20-17(19-5-2)21-14-18(3)10-7-13-24-18;/h15H,4-14H2,1-3H3,(H2,19,20,21);1H. The second-order valence-corrected chi connectivity index (χ2v) is 8.75. The van der Waals surface area contributed by atoms with Crippen LogP contribution < -0.4 is 10.6 Å². The van der Waals surface area contributed by atoms with Gasteiger partial charge in [-0.2, -0.15) is 11.8 Å². The van der Waals surface area contributed by atoms with Crippen molar-refractivity contribution >= 4 is 47.6 Å². The molecule has 2 aliphatic heterocycles. The van der Waals surface area contributed by atoms with Crippen LogP contribution in [0.4, 0.5) is 0 Å². The molecule has 0 bridgehead atoms. The molecule has 2 N–H and O–H groups in total. The Morgan fingerprint density at radius 2 is 2.16 bits per heavy atom. The third-order valence-corrected chi connectivity index (χ3v) is 6.53. The molecule has 0 radical (unpaired) electrons. The summed E-state index contributed by atoms with van der Waals surface area (Å²) in [5.74, 6) is 2.50. The number of hydrogen-bond acceptors (Lipinski definition) is 3. The number of hydrogen-bond donors (Lipinski definition) is 2. The van der Waals surface area contributed by atoms with Gasteiger partial charge in [0.2, 0.25) is 5.91 Å². The minimum absolute atomic E-state index is 0. The van der Waals surface area contributed by atoms with Crippen molar-refractivity contribution in [3.8, 4) is 0 Å². The van der Waals surface area contributed by atoms with Crippen LogP contribution in [0.3, 0.4) is 0 Å². The van der Waals surface area contributed by atoms with E-state index in [0.29, 0.717) is 16.7 Å². The smallest absolute Gasteiger partial charge is 0.222 e. The number of guanidine groups is 1. The predicted molar refractivity (Wildman–Crippen MR) is 119 cm³/mol. The van der Waals surface area contributed by atoms with E-state index in [2.05, 4.69) is 36.3 Å². The van der Waals surface area contributed by atoms with Crippen molar-refractivity contribution in [3.05, 3.63) is 0 Å². The fraction of sp³-hybridized carbons (Fsp3) is 0.889. The second kappa shape index (κ2) is 11.5. The van der Waals surface area contributed by atoms with E-state index in [1.807, 2.05) is 11.8 Å². The van der Waals surface area contributed by atoms with Crippen LogP contribution in [0.2, 0.25) is 0 Å². The number of amides is 1. The molecular weight excluding hydrogens is 447 g/mol. The van der Waals surface area contributed by atoms with Crippen LogP contribution in [-0.2, 0) is 4.79 Å². The first-order valence-electron chi connectivity index (χ1n) is 9.53. The predicted octanol–water partition coefficient (Wildman–Crippen LogP) is 3.24. The highest BCUT2D eigenvalue weighted by Crippen LogP contribution is 2.37. The van der Waals surface area contributed by atoms with Gasteiger partial charge in [0.15, 0.2) is 5.96 Å². The molecule has 2 heterocycles. The summed E-state index contributed by atoms with van der Waals surface area (Å²) in [7, 11) is 0. The van der Waals surface area contributed by atoms with E-state index < -0.39 is 0 Å². The molecule has 2 aliphatic rings. The molecule has 0 aromatic rings. The van der Waals surface area contributed by atoms with Gasteiger partial charge in [-0.3, -0.25) is 9.79 Å². The fourth-order valence-corrected chi connectivity index (χ4v) is 4.77. The van der Waals surface area contributed by atoms with Crippen LogP contribution in [-0.4, -0.2) is 59.5 Å². The molecule has 1 amide bonds. The Bertz CT molecular complexity index is 441. The monoisotopic (exact) mass is 482 g/mol. The topological polar surface area (TPSA) is 56.7 Å². The van der Waals surface area contributed by atoms with Crippen molar-refractivity contribution in [1.82, 2.24) is 15.5 Å². The Hall–Kier alpha value is -0.180. The molecule has 2 fully saturated rings. The third-order valence-electron chi connectivity index (χ3n) is 5.01.